The molecule has 0 unspecified atom stereocenters. The number of nitrogens with one attached hydrogen (secondary N) is 1. The van der Waals surface area contributed by atoms with Crippen LogP contribution in [0.4, 0.5) is 10.5 Å². The lowest BCUT2D eigenvalue weighted by Gasteiger charge is -2.17. The molecule has 1 fully saturated rings. The van der Waals surface area contributed by atoms with Crippen molar-refractivity contribution in [3.63, 3.8) is 0 Å². The molecule has 0 radical (unpaired) electrons. The molecule has 9 heteroatoms. The molecule has 4 amide bonds. The number of hydrogen-bond donors (Lipinski definition) is 1. The van der Waals surface area contributed by atoms with Crippen LogP contribution in [0.25, 0.3) is 0 Å². The number of likely N-dealkylation sites (N-methyl/N-ethyl adjacent to an activating group) is 1. The summed E-state index contributed by atoms with van der Waals surface area (Å²) in [5.41, 5.74) is 1.19. The van der Waals surface area contributed by atoms with Crippen LogP contribution in [0, 0.1) is 6.92 Å². The van der Waals surface area contributed by atoms with Crippen molar-refractivity contribution in [2.24, 2.45) is 0 Å². The second kappa shape index (κ2) is 7.52. The van der Waals surface area contributed by atoms with Gasteiger partial charge < -0.3 is 15.0 Å². The fraction of sp³-hybridized carbons (Fsp3) is 0.375. The highest BCUT2D eigenvalue weighted by Gasteiger charge is 2.35. The molecule has 25 heavy (non-hydrogen) atoms. The SMILES string of the molecule is Cc1c(Cl)cccc1NC(=O)[C@@H](C)OC(=O)CN1C(=O)CN(C)C1=O. The van der Waals surface area contributed by atoms with Crippen molar-refractivity contribution >= 4 is 41.1 Å². The van der Waals surface area contributed by atoms with E-state index < -0.39 is 36.5 Å². The first-order valence-electron chi connectivity index (χ1n) is 7.51. The molecule has 134 valence electrons. The second-order valence-corrected chi connectivity index (χ2v) is 6.06. The Labute approximate surface area is 149 Å². The third-order valence-electron chi connectivity index (χ3n) is 3.72. The van der Waals surface area contributed by atoms with Crippen molar-refractivity contribution in [2.75, 3.05) is 25.5 Å². The lowest BCUT2D eigenvalue weighted by molar-refractivity contribution is -0.154. The number of urea groups is 1. The van der Waals surface area contributed by atoms with Crippen LogP contribution in [-0.2, 0) is 19.1 Å². The number of carbonyl (C=O) groups excluding carboxylic acids is 4. The van der Waals surface area contributed by atoms with Gasteiger partial charge in [-0.15, -0.1) is 0 Å². The minimum absolute atomic E-state index is 0.0871. The molecule has 1 aromatic carbocycles. The number of halogens is 1. The molecule has 1 N–H and O–H groups in total. The molecule has 0 aliphatic carbocycles. The van der Waals surface area contributed by atoms with Crippen molar-refractivity contribution in [3.05, 3.63) is 28.8 Å². The largest absolute Gasteiger partial charge is 0.451 e. The molecule has 1 atom stereocenters. The Bertz CT molecular complexity index is 736. The zero-order chi connectivity index (χ0) is 18.7. The fourth-order valence-electron chi connectivity index (χ4n) is 2.22. The number of carbonyl (C=O) groups is 4. The van der Waals surface area contributed by atoms with Gasteiger partial charge in [-0.05, 0) is 31.5 Å². The van der Waals surface area contributed by atoms with Crippen molar-refractivity contribution in [2.45, 2.75) is 20.0 Å². The lowest BCUT2D eigenvalue weighted by atomic mass is 10.2. The quantitative estimate of drug-likeness (QED) is 0.627. The van der Waals surface area contributed by atoms with Gasteiger partial charge in [0.15, 0.2) is 6.10 Å². The summed E-state index contributed by atoms with van der Waals surface area (Å²) in [7, 11) is 1.45. The summed E-state index contributed by atoms with van der Waals surface area (Å²) in [5, 5.41) is 3.12. The van der Waals surface area contributed by atoms with E-state index in [1.54, 1.807) is 25.1 Å². The Hall–Kier alpha value is -2.61. The van der Waals surface area contributed by atoms with Crippen LogP contribution < -0.4 is 5.32 Å². The minimum atomic E-state index is -1.10. The predicted octanol–water partition coefficient (Wildman–Crippen LogP) is 1.41. The summed E-state index contributed by atoms with van der Waals surface area (Å²) in [5.74, 6) is -1.88. The average Bonchev–Trinajstić information content (AvgIpc) is 2.78. The third-order valence-corrected chi connectivity index (χ3v) is 4.13. The zero-order valence-electron chi connectivity index (χ0n) is 14.0. The smallest absolute Gasteiger partial charge is 0.327 e. The van der Waals surface area contributed by atoms with Gasteiger partial charge in [0.1, 0.15) is 13.1 Å². The molecule has 1 aromatic rings. The van der Waals surface area contributed by atoms with Crippen LogP contribution in [0.3, 0.4) is 0 Å². The first-order valence-corrected chi connectivity index (χ1v) is 7.89. The molecular formula is C16H18ClN3O5. The van der Waals surface area contributed by atoms with Crippen LogP contribution in [0.15, 0.2) is 18.2 Å². The van der Waals surface area contributed by atoms with Crippen LogP contribution >= 0.6 is 11.6 Å². The Morgan fingerprint density at radius 3 is 2.64 bits per heavy atom. The van der Waals surface area contributed by atoms with E-state index in [2.05, 4.69) is 5.32 Å². The van der Waals surface area contributed by atoms with Gasteiger partial charge in [-0.25, -0.2) is 4.79 Å². The minimum Gasteiger partial charge on any atom is -0.451 e. The maximum atomic E-state index is 12.1. The molecule has 0 saturated carbocycles. The summed E-state index contributed by atoms with van der Waals surface area (Å²) in [6.07, 6.45) is -1.10. The summed E-state index contributed by atoms with van der Waals surface area (Å²) in [6, 6.07) is 4.47. The first kappa shape index (κ1) is 18.7. The van der Waals surface area contributed by atoms with Crippen LogP contribution in [0.2, 0.25) is 5.02 Å². The van der Waals surface area contributed by atoms with Crippen LogP contribution in [0.5, 0.6) is 0 Å². The molecule has 1 aliphatic rings. The molecule has 2 rings (SSSR count). The van der Waals surface area contributed by atoms with Gasteiger partial charge in [0.25, 0.3) is 11.8 Å². The molecule has 0 aromatic heterocycles. The zero-order valence-corrected chi connectivity index (χ0v) is 14.8. The van der Waals surface area contributed by atoms with Crippen LogP contribution in [0.1, 0.15) is 12.5 Å². The number of nitrogens with zero attached hydrogens (tertiary/aromatic N) is 2. The lowest BCUT2D eigenvalue weighted by Crippen LogP contribution is -2.39. The molecular weight excluding hydrogens is 350 g/mol. The molecule has 8 nitrogen and oxygen atoms in total. The Balaban J connectivity index is 1.92. The van der Waals surface area contributed by atoms with E-state index in [4.69, 9.17) is 16.3 Å². The van der Waals surface area contributed by atoms with Crippen molar-refractivity contribution in [1.29, 1.82) is 0 Å². The predicted molar refractivity (Wildman–Crippen MR) is 90.1 cm³/mol. The van der Waals surface area contributed by atoms with Gasteiger partial charge in [-0.3, -0.25) is 19.3 Å². The average molecular weight is 368 g/mol. The van der Waals surface area contributed by atoms with Crippen molar-refractivity contribution < 1.29 is 23.9 Å². The van der Waals surface area contributed by atoms with Gasteiger partial charge in [-0.2, -0.15) is 0 Å². The Morgan fingerprint density at radius 1 is 1.36 bits per heavy atom. The Morgan fingerprint density at radius 2 is 2.04 bits per heavy atom. The van der Waals surface area contributed by atoms with Crippen molar-refractivity contribution in [1.82, 2.24) is 9.80 Å². The van der Waals surface area contributed by atoms with Gasteiger partial charge >= 0.3 is 12.0 Å². The van der Waals surface area contributed by atoms with Crippen LogP contribution in [-0.4, -0.2) is 59.9 Å². The van der Waals surface area contributed by atoms with E-state index in [1.165, 1.54) is 18.9 Å². The third kappa shape index (κ3) is 4.27. The highest BCUT2D eigenvalue weighted by molar-refractivity contribution is 6.31. The van der Waals surface area contributed by atoms with Gasteiger partial charge in [0.05, 0.1) is 0 Å². The normalized spacial score (nSPS) is 15.4. The van der Waals surface area contributed by atoms with E-state index in [0.29, 0.717) is 16.3 Å². The number of rotatable bonds is 5. The summed E-state index contributed by atoms with van der Waals surface area (Å²) in [6.45, 7) is 2.52. The monoisotopic (exact) mass is 367 g/mol. The molecule has 1 saturated heterocycles. The van der Waals surface area contributed by atoms with E-state index in [9.17, 15) is 19.2 Å². The maximum Gasteiger partial charge on any atom is 0.327 e. The number of hydrogen-bond acceptors (Lipinski definition) is 5. The highest BCUT2D eigenvalue weighted by Crippen LogP contribution is 2.23. The molecule has 1 aliphatic heterocycles. The topological polar surface area (TPSA) is 96.0 Å². The summed E-state index contributed by atoms with van der Waals surface area (Å²) >= 11 is 5.99. The van der Waals surface area contributed by atoms with Gasteiger partial charge in [0, 0.05) is 17.8 Å². The standard InChI is InChI=1S/C16H18ClN3O5/c1-9-11(17)5-4-6-12(9)18-15(23)10(2)25-14(22)8-20-13(21)7-19(3)16(20)24/h4-6,10H,7-8H2,1-3H3,(H,18,23)/t10-/m1/s1. The Kier molecular flexibility index (Phi) is 5.63. The van der Waals surface area contributed by atoms with E-state index in [1.807, 2.05) is 0 Å². The van der Waals surface area contributed by atoms with E-state index >= 15 is 0 Å². The summed E-state index contributed by atoms with van der Waals surface area (Å²) < 4.78 is 5.00. The highest BCUT2D eigenvalue weighted by atomic mass is 35.5. The second-order valence-electron chi connectivity index (χ2n) is 5.65. The van der Waals surface area contributed by atoms with Crippen molar-refractivity contribution in [3.8, 4) is 0 Å². The number of benzene rings is 1. The number of amides is 4. The first-order chi connectivity index (χ1) is 11.7. The number of imide groups is 1. The molecule has 0 bridgehead atoms. The van der Waals surface area contributed by atoms with E-state index in [-0.39, 0.29) is 6.54 Å². The number of ether oxygens (including phenoxy) is 1. The maximum absolute atomic E-state index is 12.1. The van der Waals surface area contributed by atoms with Gasteiger partial charge in [-0.1, -0.05) is 17.7 Å². The summed E-state index contributed by atoms with van der Waals surface area (Å²) in [4.78, 5) is 49.4. The molecule has 0 spiro atoms. The van der Waals surface area contributed by atoms with Gasteiger partial charge in [0.2, 0.25) is 0 Å². The number of anilines is 1. The van der Waals surface area contributed by atoms with E-state index in [0.717, 1.165) is 4.90 Å². The molecule has 1 heterocycles. The fourth-order valence-corrected chi connectivity index (χ4v) is 2.39. The number of esters is 1.